The third kappa shape index (κ3) is 5.13. The number of ether oxygens (including phenoxy) is 2. The highest BCUT2D eigenvalue weighted by Gasteiger charge is 2.52. The van der Waals surface area contributed by atoms with Crippen molar-refractivity contribution in [2.45, 2.75) is 41.7 Å². The maximum Gasteiger partial charge on any atom is 0.265 e. The van der Waals surface area contributed by atoms with Gasteiger partial charge >= 0.3 is 0 Å². The number of nitrogens with one attached hydrogen (secondary N) is 1. The van der Waals surface area contributed by atoms with Gasteiger partial charge in [-0.05, 0) is 60.7 Å². The van der Waals surface area contributed by atoms with Crippen molar-refractivity contribution < 1.29 is 32.7 Å². The summed E-state index contributed by atoms with van der Waals surface area (Å²) in [5, 5.41) is 11.1. The number of benzene rings is 3. The lowest BCUT2D eigenvalue weighted by Crippen LogP contribution is -2.54. The Bertz CT molecular complexity index is 1320. The van der Waals surface area contributed by atoms with Crippen LogP contribution in [0.3, 0.4) is 0 Å². The van der Waals surface area contributed by atoms with E-state index in [1.54, 1.807) is 0 Å². The molecule has 1 heterocycles. The molecular formula is C27H29NO7S. The average Bonchev–Trinajstić information content (AvgIpc) is 2.92. The molecule has 190 valence electrons. The van der Waals surface area contributed by atoms with E-state index in [1.807, 2.05) is 42.5 Å². The molecule has 1 saturated heterocycles. The van der Waals surface area contributed by atoms with Crippen molar-refractivity contribution in [3.05, 3.63) is 72.3 Å². The minimum atomic E-state index is -4.08. The molecule has 3 aromatic rings. The number of hydrogen-bond donors (Lipinski definition) is 2. The molecule has 1 amide bonds. The second-order valence-corrected chi connectivity index (χ2v) is 11.0. The van der Waals surface area contributed by atoms with Crippen molar-refractivity contribution in [3.8, 4) is 5.75 Å². The summed E-state index contributed by atoms with van der Waals surface area (Å²) in [6.07, 6.45) is 1.65. The highest BCUT2D eigenvalue weighted by molar-refractivity contribution is 7.93. The number of carbonyl (C=O) groups excluding carboxylic acids is 2. The Balaban J connectivity index is 1.31. The second-order valence-electron chi connectivity index (χ2n) is 8.78. The number of amides is 1. The zero-order valence-electron chi connectivity index (χ0n) is 19.8. The summed E-state index contributed by atoms with van der Waals surface area (Å²) in [5.74, 6) is -0.374. The SMILES string of the molecule is O=C(CCCCOc1ccc(S(=O)(=O)C2(C(=O)NO)CCOCC2)cc1)c1cccc2ccccc12. The van der Waals surface area contributed by atoms with Gasteiger partial charge in [-0.1, -0.05) is 42.5 Å². The molecule has 8 nitrogen and oxygen atoms in total. The van der Waals surface area contributed by atoms with Crippen LogP contribution in [0.1, 0.15) is 42.5 Å². The van der Waals surface area contributed by atoms with Gasteiger partial charge in [-0.3, -0.25) is 14.8 Å². The molecule has 36 heavy (non-hydrogen) atoms. The van der Waals surface area contributed by atoms with Crippen LogP contribution in [0.15, 0.2) is 71.6 Å². The van der Waals surface area contributed by atoms with Crippen molar-refractivity contribution in [1.29, 1.82) is 0 Å². The molecule has 0 radical (unpaired) electrons. The number of Topliss-reactive ketones (excluding diaryl/α,β-unsaturated/α-hetero) is 1. The number of ketones is 1. The van der Waals surface area contributed by atoms with Gasteiger partial charge in [0.25, 0.3) is 5.91 Å². The molecule has 1 fully saturated rings. The maximum absolute atomic E-state index is 13.3. The summed E-state index contributed by atoms with van der Waals surface area (Å²) in [6.45, 7) is 0.594. The molecule has 0 atom stereocenters. The standard InChI is InChI=1S/C27H29NO7S/c29-25(24-9-5-7-20-6-1-2-8-23(20)24)10-3-4-17-35-21-11-13-22(14-12-21)36(32,33)27(26(30)28-31)15-18-34-19-16-27/h1-2,5-9,11-14,31H,3-4,10,15-19H2,(H,28,30). The Morgan fingerprint density at radius 1 is 0.944 bits per heavy atom. The molecule has 0 aromatic heterocycles. The summed E-state index contributed by atoms with van der Waals surface area (Å²) in [4.78, 5) is 25.0. The van der Waals surface area contributed by atoms with Gasteiger partial charge < -0.3 is 9.47 Å². The van der Waals surface area contributed by atoms with Gasteiger partial charge in [0.1, 0.15) is 5.75 Å². The highest BCUT2D eigenvalue weighted by Crippen LogP contribution is 2.35. The lowest BCUT2D eigenvalue weighted by atomic mass is 9.98. The van der Waals surface area contributed by atoms with Gasteiger partial charge in [-0.2, -0.15) is 0 Å². The summed E-state index contributed by atoms with van der Waals surface area (Å²) < 4.78 is 35.7. The van der Waals surface area contributed by atoms with Crippen LogP contribution in [-0.4, -0.2) is 49.9 Å². The van der Waals surface area contributed by atoms with E-state index in [-0.39, 0.29) is 36.7 Å². The number of hydrogen-bond acceptors (Lipinski definition) is 7. The third-order valence-electron chi connectivity index (χ3n) is 6.62. The molecule has 0 saturated carbocycles. The quantitative estimate of drug-likeness (QED) is 0.182. The van der Waals surface area contributed by atoms with Crippen molar-refractivity contribution in [1.82, 2.24) is 5.48 Å². The fourth-order valence-corrected chi connectivity index (χ4v) is 6.48. The Hall–Kier alpha value is -3.27. The van der Waals surface area contributed by atoms with Crippen LogP contribution in [0.25, 0.3) is 10.8 Å². The Labute approximate surface area is 210 Å². The Morgan fingerprint density at radius 2 is 1.64 bits per heavy atom. The zero-order valence-corrected chi connectivity index (χ0v) is 20.6. The predicted octanol–water partition coefficient (Wildman–Crippen LogP) is 4.10. The number of sulfone groups is 1. The monoisotopic (exact) mass is 511 g/mol. The first kappa shape index (κ1) is 25.8. The first-order valence-electron chi connectivity index (χ1n) is 11.9. The van der Waals surface area contributed by atoms with E-state index in [0.29, 0.717) is 31.6 Å². The Kier molecular flexibility index (Phi) is 8.03. The highest BCUT2D eigenvalue weighted by atomic mass is 32.2. The number of hydroxylamine groups is 1. The largest absolute Gasteiger partial charge is 0.494 e. The lowest BCUT2D eigenvalue weighted by molar-refractivity contribution is -0.134. The second kappa shape index (κ2) is 11.2. The van der Waals surface area contributed by atoms with Crippen LogP contribution in [0.5, 0.6) is 5.75 Å². The molecule has 0 unspecified atom stereocenters. The number of rotatable bonds is 10. The average molecular weight is 512 g/mol. The van der Waals surface area contributed by atoms with E-state index in [2.05, 4.69) is 0 Å². The zero-order chi connectivity index (χ0) is 25.6. The van der Waals surface area contributed by atoms with Crippen molar-refractivity contribution >= 4 is 32.3 Å². The minimum absolute atomic E-state index is 0.0268. The van der Waals surface area contributed by atoms with Gasteiger partial charge in [0, 0.05) is 25.2 Å². The van der Waals surface area contributed by atoms with Crippen molar-refractivity contribution in [3.63, 3.8) is 0 Å². The summed E-state index contributed by atoms with van der Waals surface area (Å²) in [5.41, 5.74) is 2.23. The molecule has 9 heteroatoms. The van der Waals surface area contributed by atoms with E-state index in [4.69, 9.17) is 14.7 Å². The van der Waals surface area contributed by atoms with Gasteiger partial charge in [0.15, 0.2) is 20.4 Å². The molecule has 2 N–H and O–H groups in total. The van der Waals surface area contributed by atoms with E-state index in [9.17, 15) is 18.0 Å². The number of unbranched alkanes of at least 4 members (excludes halogenated alkanes) is 1. The number of carbonyl (C=O) groups is 2. The molecule has 0 spiro atoms. The van der Waals surface area contributed by atoms with Crippen LogP contribution in [0, 0.1) is 0 Å². The smallest absolute Gasteiger partial charge is 0.265 e. The first-order valence-corrected chi connectivity index (χ1v) is 13.4. The molecule has 1 aliphatic rings. The Morgan fingerprint density at radius 3 is 2.36 bits per heavy atom. The predicted molar refractivity (Wildman–Crippen MR) is 134 cm³/mol. The normalized spacial score (nSPS) is 15.4. The van der Waals surface area contributed by atoms with E-state index in [0.717, 1.165) is 16.3 Å². The lowest BCUT2D eigenvalue weighted by Gasteiger charge is -2.34. The molecule has 4 rings (SSSR count). The molecule has 0 bridgehead atoms. The molecular weight excluding hydrogens is 482 g/mol. The summed E-state index contributed by atoms with van der Waals surface area (Å²) >= 11 is 0. The van der Waals surface area contributed by atoms with Gasteiger partial charge in [-0.15, -0.1) is 0 Å². The fraction of sp³-hybridized carbons (Fsp3) is 0.333. The van der Waals surface area contributed by atoms with Crippen LogP contribution in [-0.2, 0) is 19.4 Å². The van der Waals surface area contributed by atoms with Crippen LogP contribution >= 0.6 is 0 Å². The van der Waals surface area contributed by atoms with Gasteiger partial charge in [0.05, 0.1) is 11.5 Å². The van der Waals surface area contributed by atoms with Gasteiger partial charge in [-0.25, -0.2) is 13.9 Å². The first-order chi connectivity index (χ1) is 17.4. The summed E-state index contributed by atoms with van der Waals surface area (Å²) in [7, 11) is -4.08. The minimum Gasteiger partial charge on any atom is -0.494 e. The topological polar surface area (TPSA) is 119 Å². The molecule has 3 aromatic carbocycles. The van der Waals surface area contributed by atoms with Crippen LogP contribution in [0.4, 0.5) is 0 Å². The van der Waals surface area contributed by atoms with E-state index < -0.39 is 20.5 Å². The molecule has 1 aliphatic heterocycles. The van der Waals surface area contributed by atoms with Crippen molar-refractivity contribution in [2.24, 2.45) is 0 Å². The number of fused-ring (bicyclic) bond motifs is 1. The van der Waals surface area contributed by atoms with Crippen molar-refractivity contribution in [2.75, 3.05) is 19.8 Å². The van der Waals surface area contributed by atoms with E-state index >= 15 is 0 Å². The maximum atomic E-state index is 13.3. The van der Waals surface area contributed by atoms with E-state index in [1.165, 1.54) is 29.7 Å². The molecule has 0 aliphatic carbocycles. The summed E-state index contributed by atoms with van der Waals surface area (Å²) in [6, 6.07) is 19.4. The van der Waals surface area contributed by atoms with Crippen LogP contribution in [0.2, 0.25) is 0 Å². The van der Waals surface area contributed by atoms with Gasteiger partial charge in [0.2, 0.25) is 0 Å². The fourth-order valence-electron chi connectivity index (χ4n) is 4.54. The third-order valence-corrected chi connectivity index (χ3v) is 9.14. The van der Waals surface area contributed by atoms with Crippen LogP contribution < -0.4 is 10.2 Å².